The number of carboxylic acids is 1. The molecule has 0 unspecified atom stereocenters. The van der Waals surface area contributed by atoms with Crippen LogP contribution < -0.4 is 5.32 Å². The lowest BCUT2D eigenvalue weighted by atomic mass is 9.87. The molecule has 0 aromatic carbocycles. The minimum Gasteiger partial charge on any atom is -0.481 e. The molecule has 0 atom stereocenters. The molecule has 1 amide bonds. The second kappa shape index (κ2) is 4.41. The van der Waals surface area contributed by atoms with Crippen LogP contribution in [0, 0.1) is 10.8 Å². The zero-order chi connectivity index (χ0) is 12.4. The van der Waals surface area contributed by atoms with Crippen LogP contribution in [0.4, 0.5) is 0 Å². The Morgan fingerprint density at radius 1 is 1.44 bits per heavy atom. The maximum atomic E-state index is 11.5. The van der Waals surface area contributed by atoms with Crippen molar-refractivity contribution in [2.45, 2.75) is 27.2 Å². The van der Waals surface area contributed by atoms with Gasteiger partial charge in [0.05, 0.1) is 18.6 Å². The van der Waals surface area contributed by atoms with Crippen LogP contribution in [-0.4, -0.2) is 36.7 Å². The van der Waals surface area contributed by atoms with Crippen molar-refractivity contribution < 1.29 is 19.4 Å². The van der Waals surface area contributed by atoms with E-state index >= 15 is 0 Å². The number of carbonyl (C=O) groups excluding carboxylic acids is 1. The Labute approximate surface area is 95.2 Å². The van der Waals surface area contributed by atoms with E-state index in [0.29, 0.717) is 19.8 Å². The fourth-order valence-electron chi connectivity index (χ4n) is 1.40. The van der Waals surface area contributed by atoms with Gasteiger partial charge in [-0.25, -0.2) is 0 Å². The molecule has 1 aliphatic rings. The van der Waals surface area contributed by atoms with E-state index in [0.717, 1.165) is 0 Å². The maximum Gasteiger partial charge on any atom is 0.309 e. The normalized spacial score (nSPS) is 18.7. The minimum absolute atomic E-state index is 0.000724. The Bertz CT molecular complexity index is 294. The lowest BCUT2D eigenvalue weighted by Gasteiger charge is -2.38. The standard InChI is InChI=1S/C11H19NO4/c1-10(2,9(14)15)4-8(13)12-5-11(3)6-16-7-11/h4-7H2,1-3H3,(H,12,13)(H,14,15). The smallest absolute Gasteiger partial charge is 0.309 e. The van der Waals surface area contributed by atoms with E-state index in [9.17, 15) is 9.59 Å². The molecule has 1 fully saturated rings. The predicted molar refractivity (Wildman–Crippen MR) is 58.0 cm³/mol. The molecule has 16 heavy (non-hydrogen) atoms. The van der Waals surface area contributed by atoms with Crippen molar-refractivity contribution in [2.24, 2.45) is 10.8 Å². The molecule has 0 radical (unpaired) electrons. The Morgan fingerprint density at radius 3 is 2.38 bits per heavy atom. The summed E-state index contributed by atoms with van der Waals surface area (Å²) in [5.74, 6) is -1.18. The highest BCUT2D eigenvalue weighted by Crippen LogP contribution is 2.25. The van der Waals surface area contributed by atoms with Crippen LogP contribution in [0.5, 0.6) is 0 Å². The molecule has 1 heterocycles. The molecule has 0 aromatic rings. The van der Waals surface area contributed by atoms with E-state index in [1.807, 2.05) is 6.92 Å². The van der Waals surface area contributed by atoms with Crippen LogP contribution in [0.15, 0.2) is 0 Å². The van der Waals surface area contributed by atoms with Gasteiger partial charge in [-0.3, -0.25) is 9.59 Å². The Morgan fingerprint density at radius 2 is 2.00 bits per heavy atom. The molecule has 0 bridgehead atoms. The zero-order valence-electron chi connectivity index (χ0n) is 10.0. The number of hydrogen-bond donors (Lipinski definition) is 2. The summed E-state index contributed by atoms with van der Waals surface area (Å²) in [6, 6.07) is 0. The van der Waals surface area contributed by atoms with Crippen molar-refractivity contribution in [2.75, 3.05) is 19.8 Å². The van der Waals surface area contributed by atoms with Gasteiger partial charge in [0.15, 0.2) is 0 Å². The first-order chi connectivity index (χ1) is 7.25. The van der Waals surface area contributed by atoms with Crippen LogP contribution in [0.25, 0.3) is 0 Å². The molecule has 5 heteroatoms. The summed E-state index contributed by atoms with van der Waals surface area (Å²) in [5, 5.41) is 11.6. The van der Waals surface area contributed by atoms with Gasteiger partial charge in [-0.2, -0.15) is 0 Å². The van der Waals surface area contributed by atoms with Gasteiger partial charge in [0.2, 0.25) is 5.91 Å². The Balaban J connectivity index is 2.33. The summed E-state index contributed by atoms with van der Waals surface area (Å²) >= 11 is 0. The van der Waals surface area contributed by atoms with Gasteiger partial charge in [0.25, 0.3) is 0 Å². The van der Waals surface area contributed by atoms with Crippen molar-refractivity contribution >= 4 is 11.9 Å². The average molecular weight is 229 g/mol. The first-order valence-electron chi connectivity index (χ1n) is 5.33. The third-order valence-corrected chi connectivity index (χ3v) is 2.79. The SMILES string of the molecule is CC1(CNC(=O)CC(C)(C)C(=O)O)COC1. The lowest BCUT2D eigenvalue weighted by molar-refractivity contribution is -0.150. The third-order valence-electron chi connectivity index (χ3n) is 2.79. The number of carboxylic acid groups (broad SMARTS) is 1. The molecule has 1 rings (SSSR count). The van der Waals surface area contributed by atoms with Gasteiger partial charge in [-0.15, -0.1) is 0 Å². The van der Waals surface area contributed by atoms with Crippen molar-refractivity contribution in [3.05, 3.63) is 0 Å². The van der Waals surface area contributed by atoms with Crippen LogP contribution >= 0.6 is 0 Å². The molecule has 0 aromatic heterocycles. The molecular formula is C11H19NO4. The number of nitrogens with one attached hydrogen (secondary N) is 1. The summed E-state index contributed by atoms with van der Waals surface area (Å²) in [6.07, 6.45) is -0.000724. The van der Waals surface area contributed by atoms with Crippen LogP contribution in [0.3, 0.4) is 0 Å². The molecule has 0 saturated carbocycles. The number of amides is 1. The summed E-state index contributed by atoms with van der Waals surface area (Å²) in [6.45, 7) is 6.96. The second-order valence-electron chi connectivity index (χ2n) is 5.45. The summed E-state index contributed by atoms with van der Waals surface area (Å²) in [7, 11) is 0. The first-order valence-corrected chi connectivity index (χ1v) is 5.33. The predicted octanol–water partition coefficient (Wildman–Crippen LogP) is 0.640. The van der Waals surface area contributed by atoms with E-state index < -0.39 is 11.4 Å². The number of aliphatic carboxylic acids is 1. The first kappa shape index (κ1) is 13.0. The molecule has 0 spiro atoms. The highest BCUT2D eigenvalue weighted by atomic mass is 16.5. The van der Waals surface area contributed by atoms with Crippen LogP contribution in [0.2, 0.25) is 0 Å². The van der Waals surface area contributed by atoms with Crippen molar-refractivity contribution in [3.63, 3.8) is 0 Å². The van der Waals surface area contributed by atoms with E-state index in [1.165, 1.54) is 0 Å². The topological polar surface area (TPSA) is 75.6 Å². The van der Waals surface area contributed by atoms with Crippen molar-refractivity contribution in [3.8, 4) is 0 Å². The quantitative estimate of drug-likeness (QED) is 0.725. The van der Waals surface area contributed by atoms with Crippen molar-refractivity contribution in [1.29, 1.82) is 0 Å². The van der Waals surface area contributed by atoms with Gasteiger partial charge in [-0.1, -0.05) is 6.92 Å². The van der Waals surface area contributed by atoms with E-state index in [2.05, 4.69) is 5.32 Å². The molecule has 2 N–H and O–H groups in total. The molecule has 1 saturated heterocycles. The van der Waals surface area contributed by atoms with Gasteiger partial charge in [0, 0.05) is 18.4 Å². The summed E-state index contributed by atoms with van der Waals surface area (Å²) < 4.78 is 5.06. The van der Waals surface area contributed by atoms with Gasteiger partial charge >= 0.3 is 5.97 Å². The van der Waals surface area contributed by atoms with Gasteiger partial charge in [-0.05, 0) is 13.8 Å². The Kier molecular flexibility index (Phi) is 3.57. The molecule has 0 aliphatic carbocycles. The monoisotopic (exact) mass is 229 g/mol. The van der Waals surface area contributed by atoms with Gasteiger partial charge in [0.1, 0.15) is 0 Å². The van der Waals surface area contributed by atoms with Crippen LogP contribution in [0.1, 0.15) is 27.2 Å². The lowest BCUT2D eigenvalue weighted by Crippen LogP contribution is -2.49. The largest absolute Gasteiger partial charge is 0.481 e. The fourth-order valence-corrected chi connectivity index (χ4v) is 1.40. The number of ether oxygens (including phenoxy) is 1. The zero-order valence-corrected chi connectivity index (χ0v) is 10.0. The maximum absolute atomic E-state index is 11.5. The molecule has 1 aliphatic heterocycles. The van der Waals surface area contributed by atoms with E-state index in [-0.39, 0.29) is 17.7 Å². The number of carbonyl (C=O) groups is 2. The highest BCUT2D eigenvalue weighted by Gasteiger charge is 2.35. The molecular weight excluding hydrogens is 210 g/mol. The fraction of sp³-hybridized carbons (Fsp3) is 0.818. The van der Waals surface area contributed by atoms with Gasteiger partial charge < -0.3 is 15.2 Å². The number of hydrogen-bond acceptors (Lipinski definition) is 3. The van der Waals surface area contributed by atoms with Crippen molar-refractivity contribution in [1.82, 2.24) is 5.32 Å². The molecule has 5 nitrogen and oxygen atoms in total. The molecule has 92 valence electrons. The highest BCUT2D eigenvalue weighted by molar-refractivity contribution is 5.84. The second-order valence-corrected chi connectivity index (χ2v) is 5.45. The minimum atomic E-state index is -1.01. The summed E-state index contributed by atoms with van der Waals surface area (Å²) in [5.41, 5.74) is -0.996. The summed E-state index contributed by atoms with van der Waals surface area (Å²) in [4.78, 5) is 22.4. The Hall–Kier alpha value is -1.10. The van der Waals surface area contributed by atoms with E-state index in [1.54, 1.807) is 13.8 Å². The van der Waals surface area contributed by atoms with Crippen LogP contribution in [-0.2, 0) is 14.3 Å². The third kappa shape index (κ3) is 3.20. The van der Waals surface area contributed by atoms with E-state index in [4.69, 9.17) is 9.84 Å². The average Bonchev–Trinajstić information content (AvgIpc) is 2.10. The number of rotatable bonds is 5.